The summed E-state index contributed by atoms with van der Waals surface area (Å²) in [7, 11) is 0. The first kappa shape index (κ1) is 5.28. The highest BCUT2D eigenvalue weighted by atomic mass is 16.3. The largest absolute Gasteiger partial charge is 0.151 e. The van der Waals surface area contributed by atoms with E-state index in [2.05, 4.69) is 5.18 Å². The maximum Gasteiger partial charge on any atom is 0.0928 e. The highest BCUT2D eigenvalue weighted by molar-refractivity contribution is 5.35. The molecule has 0 N–H and O–H groups in total. The number of rotatable bonds is 1. The number of nitroso groups, excluding NO2 is 1. The molecule has 4 saturated carbocycles. The smallest absolute Gasteiger partial charge is 0.0928 e. The third-order valence-electron chi connectivity index (χ3n) is 5.00. The molecule has 0 aromatic heterocycles. The predicted octanol–water partition coefficient (Wildman–Crippen LogP) is 1.80. The van der Waals surface area contributed by atoms with Crippen LogP contribution in [0.2, 0.25) is 0 Å². The van der Waals surface area contributed by atoms with Crippen LogP contribution in [0, 0.1) is 34.0 Å². The van der Waals surface area contributed by atoms with Gasteiger partial charge in [0.15, 0.2) is 0 Å². The van der Waals surface area contributed by atoms with Gasteiger partial charge in [-0.1, -0.05) is 5.18 Å². The Hall–Kier alpha value is -0.400. The standard InChI is InChI=1S/C9H11NO/c11-10-4-1-5-6-3-9(2-4)7(5)8(6)9/h4-8H,1-3H2. The van der Waals surface area contributed by atoms with Crippen LogP contribution in [0.5, 0.6) is 0 Å². The molecule has 0 saturated heterocycles. The van der Waals surface area contributed by atoms with Gasteiger partial charge < -0.3 is 0 Å². The van der Waals surface area contributed by atoms with Crippen LogP contribution in [-0.2, 0) is 0 Å². The highest BCUT2D eigenvalue weighted by Crippen LogP contribution is 2.92. The molecule has 1 spiro atoms. The fraction of sp³-hybridized carbons (Fsp3) is 1.00. The Morgan fingerprint density at radius 2 is 2.00 bits per heavy atom. The molecule has 4 aliphatic rings. The van der Waals surface area contributed by atoms with Crippen molar-refractivity contribution in [3.05, 3.63) is 4.91 Å². The second-order valence-corrected chi connectivity index (χ2v) is 5.02. The van der Waals surface area contributed by atoms with Crippen molar-refractivity contribution in [1.82, 2.24) is 0 Å². The molecule has 0 radical (unpaired) electrons. The summed E-state index contributed by atoms with van der Waals surface area (Å²) in [6.07, 6.45) is 3.74. The molecule has 6 atom stereocenters. The monoisotopic (exact) mass is 149 g/mol. The van der Waals surface area contributed by atoms with E-state index in [-0.39, 0.29) is 6.04 Å². The number of fused-ring (bicyclic) bond motifs is 1. The van der Waals surface area contributed by atoms with Crippen molar-refractivity contribution in [2.24, 2.45) is 34.3 Å². The summed E-state index contributed by atoms with van der Waals surface area (Å²) in [6.45, 7) is 0. The molecule has 0 aromatic rings. The number of hydrogen-bond acceptors (Lipinski definition) is 2. The molecule has 0 heterocycles. The molecular weight excluding hydrogens is 138 g/mol. The molecule has 2 nitrogen and oxygen atoms in total. The molecule has 0 aliphatic heterocycles. The first-order valence-electron chi connectivity index (χ1n) is 4.69. The topological polar surface area (TPSA) is 29.4 Å². The molecule has 58 valence electrons. The highest BCUT2D eigenvalue weighted by Gasteiger charge is 2.88. The van der Waals surface area contributed by atoms with Gasteiger partial charge >= 0.3 is 0 Å². The first-order valence-corrected chi connectivity index (χ1v) is 4.69. The molecule has 6 unspecified atom stereocenters. The van der Waals surface area contributed by atoms with E-state index in [9.17, 15) is 4.91 Å². The zero-order chi connectivity index (χ0) is 7.22. The van der Waals surface area contributed by atoms with E-state index in [1.54, 1.807) is 0 Å². The van der Waals surface area contributed by atoms with Crippen LogP contribution < -0.4 is 0 Å². The van der Waals surface area contributed by atoms with Crippen molar-refractivity contribution in [2.45, 2.75) is 25.3 Å². The van der Waals surface area contributed by atoms with Gasteiger partial charge in [-0.05, 0) is 48.3 Å². The van der Waals surface area contributed by atoms with Crippen LogP contribution in [0.25, 0.3) is 0 Å². The van der Waals surface area contributed by atoms with E-state index in [0.717, 1.165) is 36.5 Å². The summed E-state index contributed by atoms with van der Waals surface area (Å²) >= 11 is 0. The minimum Gasteiger partial charge on any atom is -0.151 e. The Bertz CT molecular complexity index is 264. The maximum atomic E-state index is 10.4. The van der Waals surface area contributed by atoms with Crippen molar-refractivity contribution in [3.63, 3.8) is 0 Å². The van der Waals surface area contributed by atoms with Gasteiger partial charge in [0.25, 0.3) is 0 Å². The van der Waals surface area contributed by atoms with Crippen molar-refractivity contribution < 1.29 is 0 Å². The minimum atomic E-state index is 0.203. The molecule has 0 bridgehead atoms. The van der Waals surface area contributed by atoms with Gasteiger partial charge in [-0.15, -0.1) is 0 Å². The van der Waals surface area contributed by atoms with Gasteiger partial charge in [0, 0.05) is 0 Å². The second kappa shape index (κ2) is 1.17. The third-order valence-corrected chi connectivity index (χ3v) is 5.00. The van der Waals surface area contributed by atoms with Crippen LogP contribution in [-0.4, -0.2) is 6.04 Å². The van der Waals surface area contributed by atoms with Crippen molar-refractivity contribution in [1.29, 1.82) is 0 Å². The van der Waals surface area contributed by atoms with E-state index in [0.29, 0.717) is 5.41 Å². The lowest BCUT2D eigenvalue weighted by atomic mass is 9.68. The second-order valence-electron chi connectivity index (χ2n) is 5.02. The van der Waals surface area contributed by atoms with E-state index in [1.807, 2.05) is 0 Å². The Kier molecular flexibility index (Phi) is 0.563. The molecule has 4 fully saturated rings. The molecule has 0 aromatic carbocycles. The fourth-order valence-corrected chi connectivity index (χ4v) is 4.75. The normalized spacial score (nSPS) is 74.0. The number of hydrogen-bond donors (Lipinski definition) is 0. The lowest BCUT2D eigenvalue weighted by Crippen LogP contribution is -2.31. The van der Waals surface area contributed by atoms with Crippen molar-refractivity contribution >= 4 is 0 Å². The summed E-state index contributed by atoms with van der Waals surface area (Å²) in [4.78, 5) is 10.4. The Labute approximate surface area is 65.3 Å². The average molecular weight is 149 g/mol. The summed E-state index contributed by atoms with van der Waals surface area (Å²) in [5, 5.41) is 3.22. The maximum absolute atomic E-state index is 10.4. The summed E-state index contributed by atoms with van der Waals surface area (Å²) in [6, 6.07) is 0.203. The summed E-state index contributed by atoms with van der Waals surface area (Å²) in [5.74, 6) is 4.15. The first-order chi connectivity index (χ1) is 5.37. The van der Waals surface area contributed by atoms with Gasteiger partial charge in [-0.25, -0.2) is 0 Å². The van der Waals surface area contributed by atoms with Crippen LogP contribution >= 0.6 is 0 Å². The Morgan fingerprint density at radius 1 is 1.18 bits per heavy atom. The third kappa shape index (κ3) is 0.320. The quantitative estimate of drug-likeness (QED) is 0.523. The SMILES string of the molecule is O=NC1CC2C3CC4(C1)C2C34. The van der Waals surface area contributed by atoms with Gasteiger partial charge in [0.2, 0.25) is 0 Å². The van der Waals surface area contributed by atoms with Crippen LogP contribution in [0.4, 0.5) is 0 Å². The summed E-state index contributed by atoms with van der Waals surface area (Å²) in [5.41, 5.74) is 0.701. The molecule has 0 amide bonds. The molecule has 11 heavy (non-hydrogen) atoms. The van der Waals surface area contributed by atoms with E-state index >= 15 is 0 Å². The summed E-state index contributed by atoms with van der Waals surface area (Å²) < 4.78 is 0. The van der Waals surface area contributed by atoms with Gasteiger partial charge in [0.05, 0.1) is 6.04 Å². The van der Waals surface area contributed by atoms with Gasteiger partial charge in [-0.2, -0.15) is 4.91 Å². The Balaban J connectivity index is 1.76. The van der Waals surface area contributed by atoms with Gasteiger partial charge in [-0.3, -0.25) is 0 Å². The lowest BCUT2D eigenvalue weighted by molar-refractivity contribution is 0.118. The van der Waals surface area contributed by atoms with Crippen molar-refractivity contribution in [2.75, 3.05) is 0 Å². The molecule has 2 heteroatoms. The lowest BCUT2D eigenvalue weighted by Gasteiger charge is -2.36. The zero-order valence-corrected chi connectivity index (χ0v) is 6.36. The number of nitrogens with zero attached hydrogens (tertiary/aromatic N) is 1. The van der Waals surface area contributed by atoms with Crippen LogP contribution in [0.15, 0.2) is 5.18 Å². The molecule has 4 rings (SSSR count). The van der Waals surface area contributed by atoms with Crippen LogP contribution in [0.3, 0.4) is 0 Å². The molecular formula is C9H11NO. The van der Waals surface area contributed by atoms with E-state index in [4.69, 9.17) is 0 Å². The average Bonchev–Trinajstić information content (AvgIpc) is 2.44. The van der Waals surface area contributed by atoms with E-state index < -0.39 is 0 Å². The van der Waals surface area contributed by atoms with Gasteiger partial charge in [0.1, 0.15) is 0 Å². The minimum absolute atomic E-state index is 0.203. The van der Waals surface area contributed by atoms with Crippen LogP contribution in [0.1, 0.15) is 19.3 Å². The zero-order valence-electron chi connectivity index (χ0n) is 6.36. The molecule has 4 aliphatic carbocycles. The fourth-order valence-electron chi connectivity index (χ4n) is 4.75. The van der Waals surface area contributed by atoms with Crippen molar-refractivity contribution in [3.8, 4) is 0 Å². The Morgan fingerprint density at radius 3 is 2.64 bits per heavy atom. The predicted molar refractivity (Wildman–Crippen MR) is 39.8 cm³/mol. The van der Waals surface area contributed by atoms with E-state index in [1.165, 1.54) is 6.42 Å².